The molecule has 1 aliphatic carbocycles. The van der Waals surface area contributed by atoms with Gasteiger partial charge in [-0.1, -0.05) is 20.8 Å². The molecule has 1 fully saturated rings. The van der Waals surface area contributed by atoms with E-state index in [-0.39, 0.29) is 0 Å². The van der Waals surface area contributed by atoms with Crippen LogP contribution in [-0.4, -0.2) is 37.1 Å². The van der Waals surface area contributed by atoms with E-state index in [2.05, 4.69) is 38.0 Å². The summed E-state index contributed by atoms with van der Waals surface area (Å²) in [6.45, 7) is 9.23. The molecule has 0 bridgehead atoms. The predicted molar refractivity (Wildman–Crippen MR) is 71.8 cm³/mol. The lowest BCUT2D eigenvalue weighted by atomic mass is 9.85. The van der Waals surface area contributed by atoms with Crippen molar-refractivity contribution < 1.29 is 0 Å². The highest BCUT2D eigenvalue weighted by Gasteiger charge is 2.23. The van der Waals surface area contributed by atoms with Gasteiger partial charge in [0.1, 0.15) is 0 Å². The maximum absolute atomic E-state index is 3.57. The van der Waals surface area contributed by atoms with Crippen LogP contribution in [0.3, 0.4) is 0 Å². The van der Waals surface area contributed by atoms with Crippen molar-refractivity contribution in [1.29, 1.82) is 0 Å². The molecule has 0 heterocycles. The highest BCUT2D eigenvalue weighted by molar-refractivity contribution is 4.79. The van der Waals surface area contributed by atoms with Crippen molar-refractivity contribution in [2.24, 2.45) is 5.92 Å². The first-order valence-electron chi connectivity index (χ1n) is 7.07. The summed E-state index contributed by atoms with van der Waals surface area (Å²) in [6, 6.07) is 1.50. The molecule has 96 valence electrons. The summed E-state index contributed by atoms with van der Waals surface area (Å²) in [6.07, 6.45) is 6.92. The molecule has 0 aromatic heterocycles. The molecule has 0 aromatic carbocycles. The van der Waals surface area contributed by atoms with Gasteiger partial charge in [-0.05, 0) is 58.2 Å². The topological polar surface area (TPSA) is 15.3 Å². The van der Waals surface area contributed by atoms with Gasteiger partial charge in [-0.15, -0.1) is 0 Å². The summed E-state index contributed by atoms with van der Waals surface area (Å²) < 4.78 is 0. The van der Waals surface area contributed by atoms with E-state index in [1.807, 2.05) is 0 Å². The number of rotatable bonds is 6. The second-order valence-corrected chi connectivity index (χ2v) is 5.72. The van der Waals surface area contributed by atoms with Gasteiger partial charge in [0.05, 0.1) is 0 Å². The molecule has 0 radical (unpaired) electrons. The first-order valence-corrected chi connectivity index (χ1v) is 7.07. The molecule has 0 amide bonds. The van der Waals surface area contributed by atoms with Crippen molar-refractivity contribution in [2.75, 3.05) is 20.1 Å². The van der Waals surface area contributed by atoms with Crippen molar-refractivity contribution in [3.8, 4) is 0 Å². The van der Waals surface area contributed by atoms with Crippen molar-refractivity contribution in [3.05, 3.63) is 0 Å². The van der Waals surface area contributed by atoms with Gasteiger partial charge in [-0.25, -0.2) is 0 Å². The van der Waals surface area contributed by atoms with Crippen molar-refractivity contribution in [3.63, 3.8) is 0 Å². The van der Waals surface area contributed by atoms with Gasteiger partial charge >= 0.3 is 0 Å². The van der Waals surface area contributed by atoms with Gasteiger partial charge in [0.25, 0.3) is 0 Å². The summed E-state index contributed by atoms with van der Waals surface area (Å²) in [4.78, 5) is 2.56. The van der Waals surface area contributed by atoms with Gasteiger partial charge in [-0.2, -0.15) is 0 Å². The van der Waals surface area contributed by atoms with E-state index < -0.39 is 0 Å². The van der Waals surface area contributed by atoms with Crippen LogP contribution in [-0.2, 0) is 0 Å². The van der Waals surface area contributed by atoms with E-state index >= 15 is 0 Å². The molecule has 0 spiro atoms. The van der Waals surface area contributed by atoms with Crippen LogP contribution in [0.5, 0.6) is 0 Å². The van der Waals surface area contributed by atoms with E-state index in [4.69, 9.17) is 0 Å². The Balaban J connectivity index is 2.18. The van der Waals surface area contributed by atoms with Crippen LogP contribution in [0.25, 0.3) is 0 Å². The number of nitrogens with zero attached hydrogens (tertiary/aromatic N) is 1. The highest BCUT2D eigenvalue weighted by Crippen LogP contribution is 2.26. The minimum atomic E-state index is 0.639. The quantitative estimate of drug-likeness (QED) is 0.749. The summed E-state index contributed by atoms with van der Waals surface area (Å²) in [5, 5.41) is 3.57. The lowest BCUT2D eigenvalue weighted by Gasteiger charge is -2.35. The molecular weight excluding hydrogens is 196 g/mol. The van der Waals surface area contributed by atoms with Gasteiger partial charge < -0.3 is 10.2 Å². The summed E-state index contributed by atoms with van der Waals surface area (Å²) in [5.74, 6) is 0.925. The SMILES string of the molecule is CCCN(C)C1CCC(CNC(C)C)CC1. The number of nitrogens with one attached hydrogen (secondary N) is 1. The Kier molecular flexibility index (Phi) is 6.37. The fraction of sp³-hybridized carbons (Fsp3) is 1.00. The third-order valence-electron chi connectivity index (χ3n) is 3.83. The zero-order valence-electron chi connectivity index (χ0n) is 11.6. The standard InChI is InChI=1S/C14H30N2/c1-5-10-16(4)14-8-6-13(7-9-14)11-15-12(2)3/h12-15H,5-11H2,1-4H3. The molecule has 1 rings (SSSR count). The van der Waals surface area contributed by atoms with Crippen LogP contribution in [0.1, 0.15) is 52.9 Å². The predicted octanol–water partition coefficient (Wildman–Crippen LogP) is 2.89. The third-order valence-corrected chi connectivity index (χ3v) is 3.83. The molecule has 2 nitrogen and oxygen atoms in total. The van der Waals surface area contributed by atoms with E-state index in [0.29, 0.717) is 6.04 Å². The Morgan fingerprint density at radius 3 is 2.31 bits per heavy atom. The first kappa shape index (κ1) is 14.0. The normalized spacial score (nSPS) is 26.6. The van der Waals surface area contributed by atoms with E-state index in [1.165, 1.54) is 45.2 Å². The van der Waals surface area contributed by atoms with Crippen molar-refractivity contribution >= 4 is 0 Å². The van der Waals surface area contributed by atoms with Crippen LogP contribution in [0.2, 0.25) is 0 Å². The first-order chi connectivity index (χ1) is 7.63. The molecule has 2 heteroatoms. The minimum Gasteiger partial charge on any atom is -0.314 e. The van der Waals surface area contributed by atoms with Crippen LogP contribution in [0.15, 0.2) is 0 Å². The van der Waals surface area contributed by atoms with Crippen LogP contribution in [0.4, 0.5) is 0 Å². The van der Waals surface area contributed by atoms with Gasteiger partial charge in [0.2, 0.25) is 0 Å². The van der Waals surface area contributed by atoms with Crippen LogP contribution >= 0.6 is 0 Å². The second-order valence-electron chi connectivity index (χ2n) is 5.72. The minimum absolute atomic E-state index is 0.639. The second kappa shape index (κ2) is 7.29. The zero-order valence-corrected chi connectivity index (χ0v) is 11.6. The molecular formula is C14H30N2. The zero-order chi connectivity index (χ0) is 12.0. The molecule has 1 saturated carbocycles. The monoisotopic (exact) mass is 226 g/mol. The Labute approximate surface area is 102 Å². The van der Waals surface area contributed by atoms with Gasteiger partial charge in [0, 0.05) is 12.1 Å². The largest absolute Gasteiger partial charge is 0.314 e. The van der Waals surface area contributed by atoms with Gasteiger partial charge in [-0.3, -0.25) is 0 Å². The fourth-order valence-corrected chi connectivity index (χ4v) is 2.73. The Morgan fingerprint density at radius 1 is 1.19 bits per heavy atom. The van der Waals surface area contributed by atoms with Crippen LogP contribution in [0, 0.1) is 5.92 Å². The molecule has 1 N–H and O–H groups in total. The Morgan fingerprint density at radius 2 is 1.81 bits per heavy atom. The molecule has 1 aliphatic rings. The average Bonchev–Trinajstić information content (AvgIpc) is 2.27. The van der Waals surface area contributed by atoms with Crippen molar-refractivity contribution in [2.45, 2.75) is 65.0 Å². The maximum atomic E-state index is 3.57. The Hall–Kier alpha value is -0.0800. The Bertz CT molecular complexity index is 172. The fourth-order valence-electron chi connectivity index (χ4n) is 2.73. The smallest absolute Gasteiger partial charge is 0.00924 e. The summed E-state index contributed by atoms with van der Waals surface area (Å²) in [7, 11) is 2.29. The van der Waals surface area contributed by atoms with E-state index in [1.54, 1.807) is 0 Å². The number of hydrogen-bond acceptors (Lipinski definition) is 2. The molecule has 0 aromatic rings. The van der Waals surface area contributed by atoms with E-state index in [0.717, 1.165) is 12.0 Å². The molecule has 16 heavy (non-hydrogen) atoms. The lowest BCUT2D eigenvalue weighted by molar-refractivity contribution is 0.163. The molecule has 0 saturated heterocycles. The van der Waals surface area contributed by atoms with E-state index in [9.17, 15) is 0 Å². The molecule has 0 aliphatic heterocycles. The summed E-state index contributed by atoms with van der Waals surface area (Å²) in [5.41, 5.74) is 0. The highest BCUT2D eigenvalue weighted by atomic mass is 15.1. The third kappa shape index (κ3) is 4.84. The maximum Gasteiger partial charge on any atom is 0.00924 e. The molecule has 0 unspecified atom stereocenters. The van der Waals surface area contributed by atoms with Gasteiger partial charge in [0.15, 0.2) is 0 Å². The summed E-state index contributed by atoms with van der Waals surface area (Å²) >= 11 is 0. The molecule has 0 atom stereocenters. The number of hydrogen-bond donors (Lipinski definition) is 1. The lowest BCUT2D eigenvalue weighted by Crippen LogP contribution is -2.38. The van der Waals surface area contributed by atoms with Crippen LogP contribution < -0.4 is 5.32 Å². The average molecular weight is 226 g/mol. The van der Waals surface area contributed by atoms with Crippen molar-refractivity contribution in [1.82, 2.24) is 10.2 Å².